The van der Waals surface area contributed by atoms with Crippen LogP contribution >= 0.6 is 7.82 Å². The minimum atomic E-state index is -4.09. The highest BCUT2D eigenvalue weighted by molar-refractivity contribution is 7.47. The molecule has 0 aliphatic rings. The maximum absolute atomic E-state index is 11.8. The molecule has 22 heavy (non-hydrogen) atoms. The van der Waals surface area contributed by atoms with Crippen LogP contribution in [0.2, 0.25) is 0 Å². The standard InChI is InChI=1S/C14H28NO6P/c1-6-9-18-12-14(19-10-7-2)13-21-22(16,17)20-11-8-15(3,4)5/h6-7,9-10,14H,8,11-13H2,1-5H3/p+1. The maximum atomic E-state index is 11.8. The fraction of sp³-hybridized carbons (Fsp3) is 0.714. The Bertz CT molecular complexity index is 391. The minimum absolute atomic E-state index is 0.111. The van der Waals surface area contributed by atoms with Crippen molar-refractivity contribution in [2.75, 3.05) is 47.5 Å². The molecule has 0 rings (SSSR count). The predicted molar refractivity (Wildman–Crippen MR) is 85.1 cm³/mol. The largest absolute Gasteiger partial charge is 0.498 e. The molecule has 2 atom stereocenters. The van der Waals surface area contributed by atoms with Gasteiger partial charge in [0.1, 0.15) is 19.8 Å². The first kappa shape index (κ1) is 21.1. The van der Waals surface area contributed by atoms with Crippen LogP contribution in [0.4, 0.5) is 0 Å². The summed E-state index contributed by atoms with van der Waals surface area (Å²) >= 11 is 0. The van der Waals surface area contributed by atoms with Crippen LogP contribution in [0.5, 0.6) is 0 Å². The van der Waals surface area contributed by atoms with Crippen molar-refractivity contribution in [1.29, 1.82) is 0 Å². The highest BCUT2D eigenvalue weighted by atomic mass is 31.2. The second-order valence-corrected chi connectivity index (χ2v) is 7.10. The van der Waals surface area contributed by atoms with Crippen molar-refractivity contribution < 1.29 is 32.5 Å². The van der Waals surface area contributed by atoms with Gasteiger partial charge in [-0.25, -0.2) is 4.57 Å². The summed E-state index contributed by atoms with van der Waals surface area (Å²) < 4.78 is 32.8. The van der Waals surface area contributed by atoms with Crippen LogP contribution in [0, 0.1) is 0 Å². The summed E-state index contributed by atoms with van der Waals surface area (Å²) in [7, 11) is 1.80. The number of phosphoric ester groups is 1. The summed E-state index contributed by atoms with van der Waals surface area (Å²) in [4.78, 5) is 9.63. The van der Waals surface area contributed by atoms with Crippen molar-refractivity contribution in [2.45, 2.75) is 20.0 Å². The molecule has 0 aromatic rings. The van der Waals surface area contributed by atoms with Gasteiger partial charge in [-0.15, -0.1) is 0 Å². The molecule has 8 heteroatoms. The zero-order chi connectivity index (χ0) is 17.1. The number of ether oxygens (including phenoxy) is 2. The van der Waals surface area contributed by atoms with E-state index in [0.29, 0.717) is 11.0 Å². The van der Waals surface area contributed by atoms with Gasteiger partial charge in [0.2, 0.25) is 0 Å². The fourth-order valence-corrected chi connectivity index (χ4v) is 1.96. The number of phosphoric acid groups is 1. The first-order chi connectivity index (χ1) is 10.2. The monoisotopic (exact) mass is 338 g/mol. The molecule has 0 heterocycles. The molecule has 1 N–H and O–H groups in total. The average molecular weight is 338 g/mol. The van der Waals surface area contributed by atoms with Crippen LogP contribution in [-0.4, -0.2) is 63.0 Å². The lowest BCUT2D eigenvalue weighted by molar-refractivity contribution is -0.870. The van der Waals surface area contributed by atoms with E-state index in [4.69, 9.17) is 18.5 Å². The van der Waals surface area contributed by atoms with E-state index in [-0.39, 0.29) is 19.8 Å². The van der Waals surface area contributed by atoms with Gasteiger partial charge in [0.25, 0.3) is 0 Å². The Morgan fingerprint density at radius 2 is 1.73 bits per heavy atom. The Hall–Kier alpha value is -0.850. The molecule has 0 bridgehead atoms. The van der Waals surface area contributed by atoms with Crippen molar-refractivity contribution in [3.05, 3.63) is 24.7 Å². The fourth-order valence-electron chi connectivity index (χ4n) is 1.22. The summed E-state index contributed by atoms with van der Waals surface area (Å²) in [6, 6.07) is 0. The maximum Gasteiger partial charge on any atom is 0.472 e. The molecule has 0 spiro atoms. The van der Waals surface area contributed by atoms with Crippen LogP contribution in [0.25, 0.3) is 0 Å². The molecule has 0 saturated heterocycles. The van der Waals surface area contributed by atoms with Gasteiger partial charge in [0.05, 0.1) is 40.3 Å². The van der Waals surface area contributed by atoms with Gasteiger partial charge in [-0.05, 0) is 13.8 Å². The summed E-state index contributed by atoms with van der Waals surface area (Å²) in [5, 5.41) is 0. The Balaban J connectivity index is 4.26. The quantitative estimate of drug-likeness (QED) is 0.334. The smallest absolute Gasteiger partial charge is 0.472 e. The molecular weight excluding hydrogens is 309 g/mol. The number of allylic oxidation sites excluding steroid dienone is 2. The molecular formula is C14H29NO6P+. The predicted octanol–water partition coefficient (Wildman–Crippen LogP) is 2.30. The Morgan fingerprint density at radius 3 is 2.27 bits per heavy atom. The number of hydrogen-bond donors (Lipinski definition) is 1. The number of nitrogens with zero attached hydrogens (tertiary/aromatic N) is 1. The van der Waals surface area contributed by atoms with Gasteiger partial charge in [-0.3, -0.25) is 9.05 Å². The van der Waals surface area contributed by atoms with E-state index in [1.165, 1.54) is 12.5 Å². The second kappa shape index (κ2) is 10.8. The van der Waals surface area contributed by atoms with Gasteiger partial charge in [0, 0.05) is 0 Å². The van der Waals surface area contributed by atoms with E-state index in [0.717, 1.165) is 0 Å². The zero-order valence-corrected chi connectivity index (χ0v) is 15.0. The number of rotatable bonds is 12. The molecule has 0 fully saturated rings. The zero-order valence-electron chi connectivity index (χ0n) is 14.1. The van der Waals surface area contributed by atoms with E-state index in [1.54, 1.807) is 19.1 Å². The average Bonchev–Trinajstić information content (AvgIpc) is 2.39. The van der Waals surface area contributed by atoms with E-state index in [2.05, 4.69) is 0 Å². The number of hydrogen-bond acceptors (Lipinski definition) is 5. The summed E-state index contributed by atoms with van der Waals surface area (Å²) in [6.45, 7) is 4.44. The van der Waals surface area contributed by atoms with Crippen molar-refractivity contribution >= 4 is 7.82 Å². The number of quaternary nitrogens is 1. The lowest BCUT2D eigenvalue weighted by atomic mass is 10.4. The van der Waals surface area contributed by atoms with Crippen LogP contribution in [0.3, 0.4) is 0 Å². The SMILES string of the molecule is CC=COCC(COP(=O)(O)OCC[N+](C)(C)C)OC=CC. The molecule has 2 unspecified atom stereocenters. The number of likely N-dealkylation sites (N-methyl/N-ethyl adjacent to an activating group) is 1. The summed E-state index contributed by atoms with van der Waals surface area (Å²) in [5.74, 6) is 0. The van der Waals surface area contributed by atoms with Crippen LogP contribution in [0.1, 0.15) is 13.8 Å². The third-order valence-corrected chi connectivity index (χ3v) is 3.35. The molecule has 0 aromatic carbocycles. The summed E-state index contributed by atoms with van der Waals surface area (Å²) in [5.41, 5.74) is 0. The van der Waals surface area contributed by atoms with Crippen LogP contribution < -0.4 is 0 Å². The Morgan fingerprint density at radius 1 is 1.09 bits per heavy atom. The normalized spacial score (nSPS) is 16.8. The van der Waals surface area contributed by atoms with Crippen molar-refractivity contribution in [1.82, 2.24) is 0 Å². The topological polar surface area (TPSA) is 74.2 Å². The molecule has 0 aliphatic carbocycles. The third kappa shape index (κ3) is 12.9. The Labute approximate surface area is 133 Å². The van der Waals surface area contributed by atoms with Crippen molar-refractivity contribution in [3.8, 4) is 0 Å². The first-order valence-electron chi connectivity index (χ1n) is 7.12. The lowest BCUT2D eigenvalue weighted by Crippen LogP contribution is -2.37. The van der Waals surface area contributed by atoms with E-state index < -0.39 is 13.9 Å². The van der Waals surface area contributed by atoms with E-state index in [9.17, 15) is 9.46 Å². The van der Waals surface area contributed by atoms with Crippen molar-refractivity contribution in [2.24, 2.45) is 0 Å². The molecule has 0 saturated carbocycles. The Kier molecular flexibility index (Phi) is 10.4. The van der Waals surface area contributed by atoms with Gasteiger partial charge in [-0.2, -0.15) is 0 Å². The molecule has 130 valence electrons. The van der Waals surface area contributed by atoms with Gasteiger partial charge < -0.3 is 18.9 Å². The molecule has 0 amide bonds. The second-order valence-electron chi connectivity index (χ2n) is 5.64. The van der Waals surface area contributed by atoms with Crippen LogP contribution in [-0.2, 0) is 23.1 Å². The third-order valence-electron chi connectivity index (χ3n) is 2.36. The van der Waals surface area contributed by atoms with Gasteiger partial charge >= 0.3 is 7.82 Å². The van der Waals surface area contributed by atoms with Crippen molar-refractivity contribution in [3.63, 3.8) is 0 Å². The molecule has 0 aliphatic heterocycles. The lowest BCUT2D eigenvalue weighted by Gasteiger charge is -2.24. The highest BCUT2D eigenvalue weighted by Gasteiger charge is 2.25. The minimum Gasteiger partial charge on any atom is -0.498 e. The molecule has 7 nitrogen and oxygen atoms in total. The first-order valence-corrected chi connectivity index (χ1v) is 8.61. The van der Waals surface area contributed by atoms with E-state index in [1.807, 2.05) is 28.1 Å². The molecule has 0 aromatic heterocycles. The van der Waals surface area contributed by atoms with Crippen LogP contribution in [0.15, 0.2) is 24.7 Å². The molecule has 0 radical (unpaired) electrons. The summed E-state index contributed by atoms with van der Waals surface area (Å²) in [6.07, 6.45) is 5.93. The van der Waals surface area contributed by atoms with Gasteiger partial charge in [0.15, 0.2) is 6.10 Å². The van der Waals surface area contributed by atoms with Gasteiger partial charge in [-0.1, -0.05) is 12.2 Å². The highest BCUT2D eigenvalue weighted by Crippen LogP contribution is 2.43. The van der Waals surface area contributed by atoms with E-state index >= 15 is 0 Å².